The molecule has 1 aliphatic rings. The Hall–Kier alpha value is -0.540. The summed E-state index contributed by atoms with van der Waals surface area (Å²) >= 11 is 3.58. The number of methoxy groups -OCH3 is 1. The van der Waals surface area contributed by atoms with Gasteiger partial charge in [0.25, 0.3) is 0 Å². The second-order valence-electron chi connectivity index (χ2n) is 5.43. The first-order valence-corrected chi connectivity index (χ1v) is 8.10. The Morgan fingerprint density at radius 2 is 2.21 bits per heavy atom. The van der Waals surface area contributed by atoms with Gasteiger partial charge in [0.05, 0.1) is 7.11 Å². The predicted molar refractivity (Wildman–Crippen MR) is 83.7 cm³/mol. The third-order valence-electron chi connectivity index (χ3n) is 4.00. The van der Waals surface area contributed by atoms with Crippen LogP contribution >= 0.6 is 15.9 Å². The molecule has 1 aromatic rings. The average molecular weight is 326 g/mol. The molecule has 1 N–H and O–H groups in total. The minimum atomic E-state index is 0.415. The molecule has 1 fully saturated rings. The molecule has 1 aliphatic carbocycles. The summed E-state index contributed by atoms with van der Waals surface area (Å²) < 4.78 is 6.66. The van der Waals surface area contributed by atoms with E-state index in [-0.39, 0.29) is 0 Å². The fourth-order valence-corrected chi connectivity index (χ4v) is 3.06. The number of hydrogen-bond donors (Lipinski definition) is 1. The zero-order valence-corrected chi connectivity index (χ0v) is 13.5. The number of rotatable bonds is 7. The highest BCUT2D eigenvalue weighted by Gasteiger charge is 2.24. The van der Waals surface area contributed by atoms with Gasteiger partial charge < -0.3 is 10.1 Å². The van der Waals surface area contributed by atoms with Crippen molar-refractivity contribution in [1.82, 2.24) is 5.32 Å². The first kappa shape index (κ1) is 14.9. The molecule has 2 nitrogen and oxygen atoms in total. The van der Waals surface area contributed by atoms with E-state index in [0.29, 0.717) is 6.04 Å². The van der Waals surface area contributed by atoms with Crippen LogP contribution < -0.4 is 10.1 Å². The van der Waals surface area contributed by atoms with Crippen LogP contribution in [0.4, 0.5) is 0 Å². The molecule has 0 amide bonds. The summed E-state index contributed by atoms with van der Waals surface area (Å²) in [5.41, 5.74) is 1.29. The molecule has 1 unspecified atom stereocenters. The van der Waals surface area contributed by atoms with Gasteiger partial charge in [-0.1, -0.05) is 42.1 Å². The fourth-order valence-electron chi connectivity index (χ4n) is 2.68. The summed E-state index contributed by atoms with van der Waals surface area (Å²) in [6, 6.07) is 6.71. The van der Waals surface area contributed by atoms with Gasteiger partial charge in [0, 0.05) is 16.1 Å². The van der Waals surface area contributed by atoms with E-state index in [1.807, 2.05) is 6.07 Å². The summed E-state index contributed by atoms with van der Waals surface area (Å²) in [6.45, 7) is 3.28. The maximum absolute atomic E-state index is 5.53. The topological polar surface area (TPSA) is 21.3 Å². The van der Waals surface area contributed by atoms with Crippen molar-refractivity contribution in [2.75, 3.05) is 13.7 Å². The molecule has 1 aromatic carbocycles. The standard InChI is InChI=1S/C16H24BrNO/c1-3-9-18-15(10-12-5-4-6-12)14-11-13(17)7-8-16(14)19-2/h7-8,11-12,15,18H,3-6,9-10H2,1-2H3. The molecule has 0 radical (unpaired) electrons. The Morgan fingerprint density at radius 1 is 1.42 bits per heavy atom. The van der Waals surface area contributed by atoms with Crippen molar-refractivity contribution in [3.63, 3.8) is 0 Å². The minimum absolute atomic E-state index is 0.415. The van der Waals surface area contributed by atoms with E-state index in [1.165, 1.54) is 31.2 Å². The lowest BCUT2D eigenvalue weighted by molar-refractivity contribution is 0.258. The van der Waals surface area contributed by atoms with Crippen LogP contribution in [0.2, 0.25) is 0 Å². The lowest BCUT2D eigenvalue weighted by Crippen LogP contribution is -2.27. The summed E-state index contributed by atoms with van der Waals surface area (Å²) in [5, 5.41) is 3.69. The molecule has 2 rings (SSSR count). The molecular formula is C16H24BrNO. The van der Waals surface area contributed by atoms with Crippen LogP contribution in [-0.4, -0.2) is 13.7 Å². The third kappa shape index (κ3) is 3.96. The average Bonchev–Trinajstić information content (AvgIpc) is 2.37. The molecule has 0 aliphatic heterocycles. The Bertz CT molecular complexity index is 404. The minimum Gasteiger partial charge on any atom is -0.496 e. The predicted octanol–water partition coefficient (Wildman–Crippen LogP) is 4.69. The fraction of sp³-hybridized carbons (Fsp3) is 0.625. The molecule has 106 valence electrons. The van der Waals surface area contributed by atoms with Crippen molar-refractivity contribution in [1.29, 1.82) is 0 Å². The molecule has 0 spiro atoms. The molecular weight excluding hydrogens is 302 g/mol. The van der Waals surface area contributed by atoms with Crippen LogP contribution in [0.1, 0.15) is 50.6 Å². The molecule has 0 bridgehead atoms. The quantitative estimate of drug-likeness (QED) is 0.785. The second kappa shape index (κ2) is 7.30. The van der Waals surface area contributed by atoms with Crippen molar-refractivity contribution < 1.29 is 4.74 Å². The van der Waals surface area contributed by atoms with Crippen LogP contribution in [0.3, 0.4) is 0 Å². The van der Waals surface area contributed by atoms with E-state index in [9.17, 15) is 0 Å². The van der Waals surface area contributed by atoms with Crippen LogP contribution in [-0.2, 0) is 0 Å². The Balaban J connectivity index is 2.16. The van der Waals surface area contributed by atoms with E-state index in [1.54, 1.807) is 7.11 Å². The Labute approximate surface area is 125 Å². The molecule has 0 heterocycles. The molecule has 0 saturated heterocycles. The number of benzene rings is 1. The van der Waals surface area contributed by atoms with Crippen molar-refractivity contribution >= 4 is 15.9 Å². The summed E-state index contributed by atoms with van der Waals surface area (Å²) in [5.74, 6) is 1.88. The zero-order chi connectivity index (χ0) is 13.7. The van der Waals surface area contributed by atoms with Crippen LogP contribution in [0, 0.1) is 5.92 Å². The highest BCUT2D eigenvalue weighted by molar-refractivity contribution is 9.10. The van der Waals surface area contributed by atoms with Gasteiger partial charge in [-0.2, -0.15) is 0 Å². The summed E-state index contributed by atoms with van der Waals surface area (Å²) in [6.07, 6.45) is 6.58. The first-order valence-electron chi connectivity index (χ1n) is 7.31. The summed E-state index contributed by atoms with van der Waals surface area (Å²) in [7, 11) is 1.76. The van der Waals surface area contributed by atoms with Crippen LogP contribution in [0.25, 0.3) is 0 Å². The highest BCUT2D eigenvalue weighted by atomic mass is 79.9. The second-order valence-corrected chi connectivity index (χ2v) is 6.34. The maximum atomic E-state index is 5.53. The Kier molecular flexibility index (Phi) is 5.71. The highest BCUT2D eigenvalue weighted by Crippen LogP contribution is 2.38. The normalized spacial score (nSPS) is 17.0. The molecule has 3 heteroatoms. The van der Waals surface area contributed by atoms with Gasteiger partial charge in [0.2, 0.25) is 0 Å². The van der Waals surface area contributed by atoms with Crippen molar-refractivity contribution in [2.24, 2.45) is 5.92 Å². The largest absolute Gasteiger partial charge is 0.496 e. The molecule has 19 heavy (non-hydrogen) atoms. The van der Waals surface area contributed by atoms with Gasteiger partial charge in [-0.05, 0) is 43.5 Å². The van der Waals surface area contributed by atoms with E-state index >= 15 is 0 Å². The van der Waals surface area contributed by atoms with Gasteiger partial charge in [-0.25, -0.2) is 0 Å². The van der Waals surface area contributed by atoms with E-state index in [2.05, 4.69) is 40.3 Å². The smallest absolute Gasteiger partial charge is 0.123 e. The number of ether oxygens (including phenoxy) is 1. The number of nitrogens with one attached hydrogen (secondary N) is 1. The van der Waals surface area contributed by atoms with Crippen molar-refractivity contribution in [3.8, 4) is 5.75 Å². The lowest BCUT2D eigenvalue weighted by Gasteiger charge is -2.31. The number of halogens is 1. The van der Waals surface area contributed by atoms with Crippen LogP contribution in [0.15, 0.2) is 22.7 Å². The van der Waals surface area contributed by atoms with Gasteiger partial charge >= 0.3 is 0 Å². The number of hydrogen-bond acceptors (Lipinski definition) is 2. The van der Waals surface area contributed by atoms with Gasteiger partial charge in [0.1, 0.15) is 5.75 Å². The molecule has 1 saturated carbocycles. The lowest BCUT2D eigenvalue weighted by atomic mass is 9.79. The van der Waals surface area contributed by atoms with Crippen molar-refractivity contribution in [3.05, 3.63) is 28.2 Å². The van der Waals surface area contributed by atoms with E-state index in [4.69, 9.17) is 4.74 Å². The molecule has 1 atom stereocenters. The van der Waals surface area contributed by atoms with E-state index in [0.717, 1.165) is 29.1 Å². The maximum Gasteiger partial charge on any atom is 0.123 e. The molecule has 0 aromatic heterocycles. The van der Waals surface area contributed by atoms with Gasteiger partial charge in [0.15, 0.2) is 0 Å². The van der Waals surface area contributed by atoms with Crippen LogP contribution in [0.5, 0.6) is 5.75 Å². The monoisotopic (exact) mass is 325 g/mol. The van der Waals surface area contributed by atoms with Gasteiger partial charge in [-0.3, -0.25) is 0 Å². The van der Waals surface area contributed by atoms with Crippen molar-refractivity contribution in [2.45, 2.75) is 45.1 Å². The zero-order valence-electron chi connectivity index (χ0n) is 11.9. The summed E-state index contributed by atoms with van der Waals surface area (Å²) in [4.78, 5) is 0. The van der Waals surface area contributed by atoms with Gasteiger partial charge in [-0.15, -0.1) is 0 Å². The first-order chi connectivity index (χ1) is 9.24. The SMILES string of the molecule is CCCNC(CC1CCC1)c1cc(Br)ccc1OC. The Morgan fingerprint density at radius 3 is 2.79 bits per heavy atom. The van der Waals surface area contributed by atoms with E-state index < -0.39 is 0 Å². The third-order valence-corrected chi connectivity index (χ3v) is 4.49.